The van der Waals surface area contributed by atoms with Crippen LogP contribution < -0.4 is 5.56 Å². The van der Waals surface area contributed by atoms with Crippen LogP contribution >= 0.6 is 0 Å². The SMILES string of the molecule is CCCN1CCN(C(=O)c2c(C)oc3ncn(C)c(=O)c23)CC1. The van der Waals surface area contributed by atoms with Gasteiger partial charge in [-0.1, -0.05) is 6.92 Å². The van der Waals surface area contributed by atoms with Gasteiger partial charge in [0.15, 0.2) is 0 Å². The third-order valence-corrected chi connectivity index (χ3v) is 4.36. The Morgan fingerprint density at radius 1 is 1.30 bits per heavy atom. The summed E-state index contributed by atoms with van der Waals surface area (Å²) < 4.78 is 6.89. The van der Waals surface area contributed by atoms with Gasteiger partial charge in [-0.3, -0.25) is 14.5 Å². The molecule has 1 amide bonds. The second-order valence-corrected chi connectivity index (χ2v) is 6.01. The number of hydrogen-bond acceptors (Lipinski definition) is 5. The van der Waals surface area contributed by atoms with Crippen molar-refractivity contribution in [3.05, 3.63) is 28.0 Å². The predicted octanol–water partition coefficient (Wildman–Crippen LogP) is 1.00. The van der Waals surface area contributed by atoms with Gasteiger partial charge in [-0.15, -0.1) is 0 Å². The molecular formula is C16H22N4O3. The fourth-order valence-corrected chi connectivity index (χ4v) is 3.09. The lowest BCUT2D eigenvalue weighted by atomic mass is 10.1. The molecule has 0 N–H and O–H groups in total. The molecule has 1 aliphatic rings. The highest BCUT2D eigenvalue weighted by molar-refractivity contribution is 6.06. The Morgan fingerprint density at radius 3 is 2.65 bits per heavy atom. The molecule has 3 heterocycles. The fourth-order valence-electron chi connectivity index (χ4n) is 3.09. The second-order valence-electron chi connectivity index (χ2n) is 6.01. The van der Waals surface area contributed by atoms with Gasteiger partial charge in [-0.25, -0.2) is 4.98 Å². The number of piperazine rings is 1. The highest BCUT2D eigenvalue weighted by Gasteiger charge is 2.28. The number of aromatic nitrogens is 2. The van der Waals surface area contributed by atoms with Crippen LogP contribution in [0.25, 0.3) is 11.1 Å². The fraction of sp³-hybridized carbons (Fsp3) is 0.562. The number of hydrogen-bond donors (Lipinski definition) is 0. The number of amides is 1. The Hall–Kier alpha value is -2.15. The van der Waals surface area contributed by atoms with Crippen molar-refractivity contribution in [3.63, 3.8) is 0 Å². The third-order valence-electron chi connectivity index (χ3n) is 4.36. The molecule has 23 heavy (non-hydrogen) atoms. The molecule has 0 aliphatic carbocycles. The first kappa shape index (κ1) is 15.7. The lowest BCUT2D eigenvalue weighted by Crippen LogP contribution is -2.49. The van der Waals surface area contributed by atoms with Crippen molar-refractivity contribution in [3.8, 4) is 0 Å². The molecule has 1 saturated heterocycles. The van der Waals surface area contributed by atoms with Gasteiger partial charge in [0.1, 0.15) is 17.5 Å². The smallest absolute Gasteiger partial charge is 0.265 e. The molecule has 3 rings (SSSR count). The predicted molar refractivity (Wildman–Crippen MR) is 86.6 cm³/mol. The number of fused-ring (bicyclic) bond motifs is 1. The summed E-state index contributed by atoms with van der Waals surface area (Å²) >= 11 is 0. The van der Waals surface area contributed by atoms with Gasteiger partial charge in [0, 0.05) is 33.2 Å². The second kappa shape index (κ2) is 6.16. The maximum atomic E-state index is 12.9. The van der Waals surface area contributed by atoms with E-state index >= 15 is 0 Å². The third kappa shape index (κ3) is 2.76. The maximum absolute atomic E-state index is 12.9. The molecule has 0 aromatic carbocycles. The van der Waals surface area contributed by atoms with E-state index in [-0.39, 0.29) is 22.6 Å². The standard InChI is InChI=1S/C16H22N4O3/c1-4-5-19-6-8-20(9-7-19)16(22)12-11(2)23-14-13(12)15(21)18(3)10-17-14/h10H,4-9H2,1-3H3. The average Bonchev–Trinajstić information content (AvgIpc) is 2.88. The van der Waals surface area contributed by atoms with E-state index in [2.05, 4.69) is 16.8 Å². The largest absolute Gasteiger partial charge is 0.442 e. The van der Waals surface area contributed by atoms with Gasteiger partial charge in [0.25, 0.3) is 11.5 Å². The minimum Gasteiger partial charge on any atom is -0.442 e. The number of nitrogens with zero attached hydrogens (tertiary/aromatic N) is 4. The number of aryl methyl sites for hydroxylation is 2. The normalized spacial score (nSPS) is 16.2. The minimum absolute atomic E-state index is 0.137. The highest BCUT2D eigenvalue weighted by Crippen LogP contribution is 2.23. The van der Waals surface area contributed by atoms with Crippen molar-refractivity contribution < 1.29 is 9.21 Å². The zero-order valence-corrected chi connectivity index (χ0v) is 13.8. The Kier molecular flexibility index (Phi) is 4.21. The molecule has 1 fully saturated rings. The van der Waals surface area contributed by atoms with Crippen molar-refractivity contribution in [2.45, 2.75) is 20.3 Å². The number of furan rings is 1. The van der Waals surface area contributed by atoms with Crippen molar-refractivity contribution >= 4 is 17.0 Å². The first-order valence-electron chi connectivity index (χ1n) is 7.99. The summed E-state index contributed by atoms with van der Waals surface area (Å²) in [5.74, 6) is 0.319. The van der Waals surface area contributed by atoms with E-state index in [0.717, 1.165) is 26.1 Å². The molecule has 7 heteroatoms. The minimum atomic E-state index is -0.250. The maximum Gasteiger partial charge on any atom is 0.265 e. The van der Waals surface area contributed by atoms with Crippen molar-refractivity contribution in [2.24, 2.45) is 7.05 Å². The molecule has 7 nitrogen and oxygen atoms in total. The van der Waals surface area contributed by atoms with E-state index in [1.54, 1.807) is 18.9 Å². The highest BCUT2D eigenvalue weighted by atomic mass is 16.3. The Labute approximate surface area is 134 Å². The molecule has 0 radical (unpaired) electrons. The van der Waals surface area contributed by atoms with Crippen LogP contribution in [0, 0.1) is 6.92 Å². The van der Waals surface area contributed by atoms with E-state index in [4.69, 9.17) is 4.42 Å². The van der Waals surface area contributed by atoms with Gasteiger partial charge < -0.3 is 13.9 Å². The van der Waals surface area contributed by atoms with E-state index in [9.17, 15) is 9.59 Å². The summed E-state index contributed by atoms with van der Waals surface area (Å²) in [6, 6.07) is 0. The molecule has 124 valence electrons. The van der Waals surface area contributed by atoms with E-state index in [0.29, 0.717) is 24.4 Å². The van der Waals surface area contributed by atoms with Crippen LogP contribution in [-0.4, -0.2) is 58.0 Å². The van der Waals surface area contributed by atoms with Crippen LogP contribution in [0.5, 0.6) is 0 Å². The zero-order chi connectivity index (χ0) is 16.6. The molecule has 2 aromatic rings. The van der Waals surface area contributed by atoms with Gasteiger partial charge in [-0.2, -0.15) is 0 Å². The molecule has 0 bridgehead atoms. The Balaban J connectivity index is 1.92. The molecular weight excluding hydrogens is 296 g/mol. The van der Waals surface area contributed by atoms with Crippen LogP contribution in [0.15, 0.2) is 15.5 Å². The van der Waals surface area contributed by atoms with Gasteiger partial charge in [0.2, 0.25) is 5.71 Å². The summed E-state index contributed by atoms with van der Waals surface area (Å²) in [6.45, 7) is 8.00. The topological polar surface area (TPSA) is 71.6 Å². The number of carbonyl (C=O) groups is 1. The molecule has 1 aliphatic heterocycles. The van der Waals surface area contributed by atoms with Crippen LogP contribution in [-0.2, 0) is 7.05 Å². The molecule has 0 spiro atoms. The lowest BCUT2D eigenvalue weighted by molar-refractivity contribution is 0.0637. The summed E-state index contributed by atoms with van der Waals surface area (Å²) in [6.07, 6.45) is 2.52. The monoisotopic (exact) mass is 318 g/mol. The van der Waals surface area contributed by atoms with Crippen molar-refractivity contribution in [1.82, 2.24) is 19.4 Å². The quantitative estimate of drug-likeness (QED) is 0.844. The van der Waals surface area contributed by atoms with Crippen molar-refractivity contribution in [1.29, 1.82) is 0 Å². The molecule has 2 aromatic heterocycles. The van der Waals surface area contributed by atoms with Crippen molar-refractivity contribution in [2.75, 3.05) is 32.7 Å². The van der Waals surface area contributed by atoms with Gasteiger partial charge in [-0.05, 0) is 19.9 Å². The van der Waals surface area contributed by atoms with E-state index < -0.39 is 0 Å². The molecule has 0 unspecified atom stereocenters. The average molecular weight is 318 g/mol. The summed E-state index contributed by atoms with van der Waals surface area (Å²) in [4.78, 5) is 33.5. The Morgan fingerprint density at radius 2 is 2.00 bits per heavy atom. The van der Waals surface area contributed by atoms with Gasteiger partial charge >= 0.3 is 0 Å². The summed E-state index contributed by atoms with van der Waals surface area (Å²) in [5.41, 5.74) is 0.344. The van der Waals surface area contributed by atoms with E-state index in [1.165, 1.54) is 10.9 Å². The molecule has 0 saturated carbocycles. The summed E-state index contributed by atoms with van der Waals surface area (Å²) in [7, 11) is 1.62. The zero-order valence-electron chi connectivity index (χ0n) is 13.8. The van der Waals surface area contributed by atoms with Crippen LogP contribution in [0.2, 0.25) is 0 Å². The molecule has 0 atom stereocenters. The first-order valence-corrected chi connectivity index (χ1v) is 7.99. The van der Waals surface area contributed by atoms with E-state index in [1.807, 2.05) is 0 Å². The number of rotatable bonds is 3. The lowest BCUT2D eigenvalue weighted by Gasteiger charge is -2.34. The van der Waals surface area contributed by atoms with Crippen LogP contribution in [0.1, 0.15) is 29.5 Å². The summed E-state index contributed by atoms with van der Waals surface area (Å²) in [5, 5.41) is 0.286. The Bertz CT molecular complexity index is 784. The number of carbonyl (C=O) groups excluding carboxylic acids is 1. The van der Waals surface area contributed by atoms with Gasteiger partial charge in [0.05, 0.1) is 5.56 Å². The van der Waals surface area contributed by atoms with Crippen LogP contribution in [0.3, 0.4) is 0 Å². The van der Waals surface area contributed by atoms with Crippen LogP contribution in [0.4, 0.5) is 0 Å². The first-order chi connectivity index (χ1) is 11.0.